The molecule has 11 heteroatoms. The van der Waals surface area contributed by atoms with Gasteiger partial charge in [-0.3, -0.25) is 14.4 Å². The zero-order valence-corrected chi connectivity index (χ0v) is 27.5. The molecule has 1 atom stereocenters. The van der Waals surface area contributed by atoms with Crippen molar-refractivity contribution < 1.29 is 28.6 Å². The molecule has 0 fully saturated rings. The highest BCUT2D eigenvalue weighted by Gasteiger charge is 2.19. The highest BCUT2D eigenvalue weighted by atomic mass is 79.9. The van der Waals surface area contributed by atoms with Crippen LogP contribution in [-0.2, 0) is 9.59 Å². The highest BCUT2D eigenvalue weighted by molar-refractivity contribution is 9.10. The van der Waals surface area contributed by atoms with Gasteiger partial charge in [-0.15, -0.1) is 11.8 Å². The predicted octanol–water partition coefficient (Wildman–Crippen LogP) is 7.00. The molecule has 3 amide bonds. The second-order valence-electron chi connectivity index (χ2n) is 9.53. The summed E-state index contributed by atoms with van der Waals surface area (Å²) in [7, 11) is 4.50. The average molecular weight is 691 g/mol. The first-order valence-electron chi connectivity index (χ1n) is 13.7. The lowest BCUT2D eigenvalue weighted by atomic mass is 10.1. The second kappa shape index (κ2) is 15.8. The molecule has 0 saturated heterocycles. The Kier molecular flexibility index (Phi) is 11.7. The number of nitrogens with one attached hydrogen (secondary N) is 3. The molecule has 9 nitrogen and oxygen atoms in total. The van der Waals surface area contributed by atoms with Crippen LogP contribution in [0.15, 0.2) is 106 Å². The Morgan fingerprint density at radius 3 is 2.04 bits per heavy atom. The molecule has 4 aromatic rings. The summed E-state index contributed by atoms with van der Waals surface area (Å²) in [5.41, 5.74) is 2.03. The summed E-state index contributed by atoms with van der Waals surface area (Å²) in [4.78, 5) is 40.2. The van der Waals surface area contributed by atoms with E-state index in [2.05, 4.69) is 31.9 Å². The number of benzene rings is 4. The van der Waals surface area contributed by atoms with Gasteiger partial charge in [-0.05, 0) is 83.5 Å². The zero-order valence-electron chi connectivity index (χ0n) is 25.1. The van der Waals surface area contributed by atoms with Gasteiger partial charge in [0.1, 0.15) is 11.4 Å². The fourth-order valence-electron chi connectivity index (χ4n) is 4.13. The van der Waals surface area contributed by atoms with Crippen LogP contribution in [0, 0.1) is 0 Å². The van der Waals surface area contributed by atoms with Crippen molar-refractivity contribution in [3.05, 3.63) is 112 Å². The first-order valence-corrected chi connectivity index (χ1v) is 15.4. The SMILES string of the molecule is COc1cc(OC)c(OC)cc1/C=C(\NC(=O)c1ccccc1)C(=O)Nc1ccc(SC(C)C(=O)Nc2ccccc2Br)cc1. The fourth-order valence-corrected chi connectivity index (χ4v) is 5.38. The van der Waals surface area contributed by atoms with Gasteiger partial charge in [0.2, 0.25) is 5.91 Å². The molecule has 0 saturated carbocycles. The topological polar surface area (TPSA) is 115 Å². The molecule has 0 radical (unpaired) electrons. The third kappa shape index (κ3) is 8.90. The maximum atomic E-state index is 13.6. The summed E-state index contributed by atoms with van der Waals surface area (Å²) in [6.45, 7) is 1.82. The van der Waals surface area contributed by atoms with Gasteiger partial charge in [0.05, 0.1) is 32.3 Å². The third-order valence-corrected chi connectivity index (χ3v) is 8.29. The predicted molar refractivity (Wildman–Crippen MR) is 181 cm³/mol. The summed E-state index contributed by atoms with van der Waals surface area (Å²) >= 11 is 4.83. The molecule has 3 N–H and O–H groups in total. The summed E-state index contributed by atoms with van der Waals surface area (Å²) in [6, 6.07) is 26.3. The Balaban J connectivity index is 1.53. The van der Waals surface area contributed by atoms with Gasteiger partial charge in [-0.25, -0.2) is 0 Å². The van der Waals surface area contributed by atoms with Crippen LogP contribution < -0.4 is 30.2 Å². The number of para-hydroxylation sites is 1. The van der Waals surface area contributed by atoms with Crippen molar-refractivity contribution in [1.29, 1.82) is 0 Å². The Morgan fingerprint density at radius 1 is 0.778 bits per heavy atom. The summed E-state index contributed by atoms with van der Waals surface area (Å²) in [5.74, 6) is 0.121. The molecule has 0 aliphatic heterocycles. The molecule has 4 aromatic carbocycles. The van der Waals surface area contributed by atoms with Crippen LogP contribution in [0.2, 0.25) is 0 Å². The monoisotopic (exact) mass is 689 g/mol. The van der Waals surface area contributed by atoms with Crippen molar-refractivity contribution in [1.82, 2.24) is 5.32 Å². The van der Waals surface area contributed by atoms with Crippen LogP contribution in [-0.4, -0.2) is 44.3 Å². The van der Waals surface area contributed by atoms with Crippen molar-refractivity contribution in [2.24, 2.45) is 0 Å². The number of halogens is 1. The number of methoxy groups -OCH3 is 3. The lowest BCUT2D eigenvalue weighted by Crippen LogP contribution is -2.30. The number of rotatable bonds is 12. The van der Waals surface area contributed by atoms with Crippen molar-refractivity contribution in [3.8, 4) is 17.2 Å². The van der Waals surface area contributed by atoms with Crippen molar-refractivity contribution in [3.63, 3.8) is 0 Å². The molecule has 0 bridgehead atoms. The number of thioether (sulfide) groups is 1. The van der Waals surface area contributed by atoms with E-state index in [1.165, 1.54) is 39.2 Å². The van der Waals surface area contributed by atoms with Crippen LogP contribution in [0.3, 0.4) is 0 Å². The van der Waals surface area contributed by atoms with E-state index in [1.807, 2.05) is 43.3 Å². The number of hydrogen-bond donors (Lipinski definition) is 3. The van der Waals surface area contributed by atoms with Gasteiger partial charge >= 0.3 is 0 Å². The van der Waals surface area contributed by atoms with E-state index in [4.69, 9.17) is 14.2 Å². The molecule has 0 aromatic heterocycles. The quantitative estimate of drug-likeness (QED) is 0.108. The molecule has 1 unspecified atom stereocenters. The highest BCUT2D eigenvalue weighted by Crippen LogP contribution is 2.36. The molecule has 0 spiro atoms. The van der Waals surface area contributed by atoms with Gasteiger partial charge in [0, 0.05) is 32.2 Å². The van der Waals surface area contributed by atoms with Crippen LogP contribution in [0.4, 0.5) is 11.4 Å². The second-order valence-corrected chi connectivity index (χ2v) is 11.8. The Morgan fingerprint density at radius 2 is 1.40 bits per heavy atom. The molecule has 0 heterocycles. The third-order valence-electron chi connectivity index (χ3n) is 6.49. The van der Waals surface area contributed by atoms with Crippen LogP contribution >= 0.6 is 27.7 Å². The summed E-state index contributed by atoms with van der Waals surface area (Å²) in [6.07, 6.45) is 1.51. The van der Waals surface area contributed by atoms with Gasteiger partial charge in [0.15, 0.2) is 11.5 Å². The van der Waals surface area contributed by atoms with Gasteiger partial charge < -0.3 is 30.2 Å². The van der Waals surface area contributed by atoms with E-state index >= 15 is 0 Å². The van der Waals surface area contributed by atoms with Gasteiger partial charge in [-0.2, -0.15) is 0 Å². The molecule has 0 aliphatic carbocycles. The van der Waals surface area contributed by atoms with Crippen molar-refractivity contribution in [2.75, 3.05) is 32.0 Å². The Hall–Kier alpha value is -4.74. The van der Waals surface area contributed by atoms with Crippen LogP contribution in [0.1, 0.15) is 22.8 Å². The molecular formula is C34H32BrN3O6S. The van der Waals surface area contributed by atoms with E-state index in [9.17, 15) is 14.4 Å². The van der Waals surface area contributed by atoms with Crippen molar-refractivity contribution >= 4 is 62.9 Å². The molecule has 45 heavy (non-hydrogen) atoms. The molecule has 4 rings (SSSR count). The minimum atomic E-state index is -0.558. The minimum Gasteiger partial charge on any atom is -0.496 e. The lowest BCUT2D eigenvalue weighted by molar-refractivity contribution is -0.115. The molecule has 0 aliphatic rings. The smallest absolute Gasteiger partial charge is 0.272 e. The van der Waals surface area contributed by atoms with E-state index in [-0.39, 0.29) is 16.9 Å². The largest absolute Gasteiger partial charge is 0.496 e. The minimum absolute atomic E-state index is 0.0230. The average Bonchev–Trinajstić information content (AvgIpc) is 3.06. The number of anilines is 2. The first kappa shape index (κ1) is 33.2. The Bertz CT molecular complexity index is 1700. The number of carbonyl (C=O) groups is 3. The normalized spacial score (nSPS) is 11.6. The summed E-state index contributed by atoms with van der Waals surface area (Å²) in [5, 5.41) is 8.10. The van der Waals surface area contributed by atoms with Crippen molar-refractivity contribution in [2.45, 2.75) is 17.1 Å². The standard InChI is InChI=1S/C34H32BrN3O6S/c1-21(32(39)37-27-13-9-8-12-26(27)35)45-25-16-14-24(15-17-25)36-34(41)28(38-33(40)22-10-6-5-7-11-22)18-23-19-30(43-3)31(44-4)20-29(23)42-2/h5-21H,1-4H3,(H,36,41)(H,37,39)(H,38,40)/b28-18-. The first-order chi connectivity index (χ1) is 21.7. The van der Waals surface area contributed by atoms with Crippen LogP contribution in [0.25, 0.3) is 6.08 Å². The number of hydrogen-bond acceptors (Lipinski definition) is 7. The summed E-state index contributed by atoms with van der Waals surface area (Å²) < 4.78 is 17.1. The van der Waals surface area contributed by atoms with E-state index in [0.717, 1.165) is 9.37 Å². The molecular weight excluding hydrogens is 658 g/mol. The number of ether oxygens (including phenoxy) is 3. The Labute approximate surface area is 274 Å². The van der Waals surface area contributed by atoms with Gasteiger partial charge in [-0.1, -0.05) is 30.3 Å². The number of amides is 3. The van der Waals surface area contributed by atoms with E-state index in [1.54, 1.807) is 54.6 Å². The van der Waals surface area contributed by atoms with E-state index in [0.29, 0.717) is 39.8 Å². The molecule has 232 valence electrons. The fraction of sp³-hybridized carbons (Fsp3) is 0.147. The number of carbonyl (C=O) groups excluding carboxylic acids is 3. The maximum Gasteiger partial charge on any atom is 0.272 e. The van der Waals surface area contributed by atoms with Crippen LogP contribution in [0.5, 0.6) is 17.2 Å². The maximum absolute atomic E-state index is 13.6. The zero-order chi connectivity index (χ0) is 32.3. The van der Waals surface area contributed by atoms with Gasteiger partial charge in [0.25, 0.3) is 11.8 Å². The van der Waals surface area contributed by atoms with E-state index < -0.39 is 11.8 Å². The lowest BCUT2D eigenvalue weighted by Gasteiger charge is -2.15.